The number of benzene rings is 1. The first-order chi connectivity index (χ1) is 9.08. The van der Waals surface area contributed by atoms with E-state index in [1.54, 1.807) is 24.1 Å². The van der Waals surface area contributed by atoms with Crippen molar-refractivity contribution in [3.8, 4) is 11.3 Å². The molecule has 0 amide bonds. The Balaban J connectivity index is 2.30. The van der Waals surface area contributed by atoms with E-state index in [1.807, 2.05) is 0 Å². The summed E-state index contributed by atoms with van der Waals surface area (Å²) in [6, 6.07) is 6.26. The van der Waals surface area contributed by atoms with Crippen molar-refractivity contribution in [3.05, 3.63) is 52.0 Å². The van der Waals surface area contributed by atoms with Crippen LogP contribution in [-0.2, 0) is 6.54 Å². The van der Waals surface area contributed by atoms with Crippen LogP contribution in [-0.4, -0.2) is 17.0 Å². The fourth-order valence-electron chi connectivity index (χ4n) is 2.45. The number of nitro groups is 1. The molecule has 1 aliphatic rings. The second-order valence-corrected chi connectivity index (χ2v) is 4.45. The van der Waals surface area contributed by atoms with Crippen LogP contribution in [0.2, 0.25) is 0 Å². The van der Waals surface area contributed by atoms with Crippen LogP contribution in [0.15, 0.2) is 30.5 Å². The molecule has 1 aromatic carbocycles. The molecule has 2 heterocycles. The standard InChI is InChI=1S/C13H10FN3O2/c1-16-7-8-5-9(14)6-15-12(8)10-3-2-4-11(13(10)16)17(18)19/h2-6H,7H2,1H3. The Morgan fingerprint density at radius 1 is 1.47 bits per heavy atom. The van der Waals surface area contributed by atoms with E-state index in [2.05, 4.69) is 4.98 Å². The largest absolute Gasteiger partial charge is 0.364 e. The van der Waals surface area contributed by atoms with Crippen LogP contribution < -0.4 is 4.90 Å². The quantitative estimate of drug-likeness (QED) is 0.583. The van der Waals surface area contributed by atoms with Gasteiger partial charge in [-0.1, -0.05) is 12.1 Å². The number of aromatic nitrogens is 1. The molecule has 6 heteroatoms. The molecular formula is C13H10FN3O2. The summed E-state index contributed by atoms with van der Waals surface area (Å²) in [5.41, 5.74) is 2.57. The topological polar surface area (TPSA) is 59.3 Å². The molecule has 0 saturated carbocycles. The molecule has 1 aromatic heterocycles. The molecule has 0 unspecified atom stereocenters. The fraction of sp³-hybridized carbons (Fsp3) is 0.154. The lowest BCUT2D eigenvalue weighted by molar-refractivity contribution is -0.384. The minimum atomic E-state index is -0.413. The SMILES string of the molecule is CN1Cc2cc(F)cnc2-c2cccc([N+](=O)[O-])c21. The van der Waals surface area contributed by atoms with E-state index in [0.717, 1.165) is 11.8 Å². The third kappa shape index (κ3) is 1.72. The van der Waals surface area contributed by atoms with Crippen LogP contribution in [0.25, 0.3) is 11.3 Å². The lowest BCUT2D eigenvalue weighted by Crippen LogP contribution is -2.23. The number of pyridine rings is 1. The van der Waals surface area contributed by atoms with E-state index in [1.165, 1.54) is 12.1 Å². The van der Waals surface area contributed by atoms with Crippen molar-refractivity contribution >= 4 is 11.4 Å². The molecule has 3 rings (SSSR count). The maximum Gasteiger partial charge on any atom is 0.293 e. The van der Waals surface area contributed by atoms with Crippen LogP contribution in [0, 0.1) is 15.9 Å². The molecule has 0 radical (unpaired) electrons. The minimum Gasteiger partial charge on any atom is -0.364 e. The Bertz CT molecular complexity index is 688. The van der Waals surface area contributed by atoms with Crippen molar-refractivity contribution in [2.24, 2.45) is 0 Å². The number of nitro benzene ring substituents is 1. The molecule has 0 bridgehead atoms. The number of hydrogen-bond acceptors (Lipinski definition) is 4. The highest BCUT2D eigenvalue weighted by Gasteiger charge is 2.28. The van der Waals surface area contributed by atoms with Gasteiger partial charge in [-0.2, -0.15) is 0 Å². The Morgan fingerprint density at radius 2 is 2.26 bits per heavy atom. The van der Waals surface area contributed by atoms with Gasteiger partial charge in [-0.3, -0.25) is 15.1 Å². The van der Waals surface area contributed by atoms with Crippen molar-refractivity contribution < 1.29 is 9.31 Å². The highest BCUT2D eigenvalue weighted by Crippen LogP contribution is 2.42. The van der Waals surface area contributed by atoms with Crippen LogP contribution >= 0.6 is 0 Å². The van der Waals surface area contributed by atoms with Crippen molar-refractivity contribution in [1.29, 1.82) is 0 Å². The van der Waals surface area contributed by atoms with Gasteiger partial charge in [0.1, 0.15) is 11.5 Å². The Morgan fingerprint density at radius 3 is 3.00 bits per heavy atom. The number of hydrogen-bond donors (Lipinski definition) is 0. The second kappa shape index (κ2) is 4.01. The smallest absolute Gasteiger partial charge is 0.293 e. The highest BCUT2D eigenvalue weighted by molar-refractivity contribution is 5.87. The maximum absolute atomic E-state index is 13.2. The zero-order chi connectivity index (χ0) is 13.6. The van der Waals surface area contributed by atoms with Gasteiger partial charge in [0.15, 0.2) is 0 Å². The zero-order valence-electron chi connectivity index (χ0n) is 10.1. The Hall–Kier alpha value is -2.50. The van der Waals surface area contributed by atoms with Crippen molar-refractivity contribution in [3.63, 3.8) is 0 Å². The molecule has 0 atom stereocenters. The second-order valence-electron chi connectivity index (χ2n) is 4.45. The lowest BCUT2D eigenvalue weighted by atomic mass is 9.97. The summed E-state index contributed by atoms with van der Waals surface area (Å²) >= 11 is 0. The van der Waals surface area contributed by atoms with Gasteiger partial charge in [0.2, 0.25) is 0 Å². The first-order valence-corrected chi connectivity index (χ1v) is 5.71. The summed E-state index contributed by atoms with van der Waals surface area (Å²) in [5, 5.41) is 11.1. The van der Waals surface area contributed by atoms with E-state index >= 15 is 0 Å². The molecule has 0 fully saturated rings. The van der Waals surface area contributed by atoms with Crippen LogP contribution in [0.4, 0.5) is 15.8 Å². The molecule has 5 nitrogen and oxygen atoms in total. The summed E-state index contributed by atoms with van der Waals surface area (Å²) in [6.07, 6.45) is 1.13. The Kier molecular flexibility index (Phi) is 2.45. The number of rotatable bonds is 1. The summed E-state index contributed by atoms with van der Waals surface area (Å²) < 4.78 is 13.2. The number of halogens is 1. The number of anilines is 1. The van der Waals surface area contributed by atoms with Gasteiger partial charge in [0.25, 0.3) is 5.69 Å². The molecule has 0 saturated heterocycles. The molecule has 2 aromatic rings. The zero-order valence-corrected chi connectivity index (χ0v) is 10.1. The number of para-hydroxylation sites is 1. The van der Waals surface area contributed by atoms with Crippen molar-refractivity contribution in [1.82, 2.24) is 4.98 Å². The van der Waals surface area contributed by atoms with Gasteiger partial charge in [0.05, 0.1) is 16.8 Å². The van der Waals surface area contributed by atoms with Crippen LogP contribution in [0.3, 0.4) is 0 Å². The van der Waals surface area contributed by atoms with E-state index in [0.29, 0.717) is 23.5 Å². The molecular weight excluding hydrogens is 249 g/mol. The predicted octanol–water partition coefficient (Wildman–Crippen LogP) is 2.75. The maximum atomic E-state index is 13.2. The summed E-state index contributed by atoms with van der Waals surface area (Å²) in [7, 11) is 1.75. The third-order valence-corrected chi connectivity index (χ3v) is 3.19. The van der Waals surface area contributed by atoms with Gasteiger partial charge < -0.3 is 4.90 Å². The number of nitrogens with zero attached hydrogens (tertiary/aromatic N) is 3. The molecule has 0 N–H and O–H groups in total. The lowest BCUT2D eigenvalue weighted by Gasteiger charge is -2.28. The Labute approximate surface area is 108 Å². The molecule has 0 aliphatic carbocycles. The first kappa shape index (κ1) is 11.6. The van der Waals surface area contributed by atoms with E-state index in [4.69, 9.17) is 0 Å². The predicted molar refractivity (Wildman–Crippen MR) is 68.4 cm³/mol. The van der Waals surface area contributed by atoms with Gasteiger partial charge in [0, 0.05) is 30.8 Å². The van der Waals surface area contributed by atoms with Crippen molar-refractivity contribution in [2.45, 2.75) is 6.54 Å². The van der Waals surface area contributed by atoms with Gasteiger partial charge >= 0.3 is 0 Å². The molecule has 19 heavy (non-hydrogen) atoms. The third-order valence-electron chi connectivity index (χ3n) is 3.19. The fourth-order valence-corrected chi connectivity index (χ4v) is 2.45. The molecule has 0 spiro atoms. The minimum absolute atomic E-state index is 0.0387. The summed E-state index contributed by atoms with van der Waals surface area (Å²) in [4.78, 5) is 16.5. The van der Waals surface area contributed by atoms with E-state index < -0.39 is 10.7 Å². The van der Waals surface area contributed by atoms with Gasteiger partial charge in [-0.15, -0.1) is 0 Å². The van der Waals surface area contributed by atoms with Crippen molar-refractivity contribution in [2.75, 3.05) is 11.9 Å². The first-order valence-electron chi connectivity index (χ1n) is 5.71. The highest BCUT2D eigenvalue weighted by atomic mass is 19.1. The van der Waals surface area contributed by atoms with Crippen LogP contribution in [0.1, 0.15) is 5.56 Å². The summed E-state index contributed by atoms with van der Waals surface area (Å²) in [5.74, 6) is -0.402. The monoisotopic (exact) mass is 259 g/mol. The average Bonchev–Trinajstić information content (AvgIpc) is 2.37. The summed E-state index contributed by atoms with van der Waals surface area (Å²) in [6.45, 7) is 0.401. The molecule has 96 valence electrons. The van der Waals surface area contributed by atoms with Gasteiger partial charge in [-0.25, -0.2) is 4.39 Å². The van der Waals surface area contributed by atoms with Gasteiger partial charge in [-0.05, 0) is 6.07 Å². The van der Waals surface area contributed by atoms with E-state index in [-0.39, 0.29) is 5.69 Å². The van der Waals surface area contributed by atoms with Crippen LogP contribution in [0.5, 0.6) is 0 Å². The molecule has 1 aliphatic heterocycles. The number of fused-ring (bicyclic) bond motifs is 3. The normalized spacial score (nSPS) is 12.8. The van der Waals surface area contributed by atoms with E-state index in [9.17, 15) is 14.5 Å². The average molecular weight is 259 g/mol.